The Kier molecular flexibility index (Phi) is 8.39. The number of alkyl halides is 2. The van der Waals surface area contributed by atoms with Crippen LogP contribution >= 0.6 is 12.4 Å². The third-order valence-corrected chi connectivity index (χ3v) is 5.82. The van der Waals surface area contributed by atoms with Crippen molar-refractivity contribution in [1.29, 1.82) is 0 Å². The molecule has 0 unspecified atom stereocenters. The molecule has 148 valence electrons. The number of sulfone groups is 1. The number of ether oxygens (including phenoxy) is 1. The fourth-order valence-electron chi connectivity index (χ4n) is 2.90. The molecule has 1 aromatic rings. The molecule has 1 heterocycles. The molecule has 0 saturated carbocycles. The zero-order chi connectivity index (χ0) is 18.5. The number of piperidine rings is 1. The van der Waals surface area contributed by atoms with E-state index in [2.05, 4.69) is 10.6 Å². The standard InChI is InChI=1S/C16H22F2N2O4S.ClH/c1-24-11-16(6-8-19-9-7-16)10-20-14(21)12-2-4-13(5-3-12)25(22,23)15(17)18;/h2-5,15,19H,6-11H2,1H3,(H,20,21);1H. The second-order valence-corrected chi connectivity index (χ2v) is 8.11. The van der Waals surface area contributed by atoms with Crippen LogP contribution in [0.3, 0.4) is 0 Å². The van der Waals surface area contributed by atoms with E-state index < -0.39 is 20.5 Å². The van der Waals surface area contributed by atoms with Crippen LogP contribution < -0.4 is 10.6 Å². The molecule has 0 spiro atoms. The summed E-state index contributed by atoms with van der Waals surface area (Å²) in [6, 6.07) is 4.50. The quantitative estimate of drug-likeness (QED) is 0.714. The second-order valence-electron chi connectivity index (χ2n) is 6.20. The first-order valence-electron chi connectivity index (χ1n) is 7.91. The average Bonchev–Trinajstić information content (AvgIpc) is 2.61. The largest absolute Gasteiger partial charge is 0.384 e. The van der Waals surface area contributed by atoms with Crippen LogP contribution in [0.25, 0.3) is 0 Å². The predicted octanol–water partition coefficient (Wildman–Crippen LogP) is 1.85. The molecule has 0 aromatic heterocycles. The first kappa shape index (κ1) is 22.8. The lowest BCUT2D eigenvalue weighted by atomic mass is 9.79. The van der Waals surface area contributed by atoms with E-state index >= 15 is 0 Å². The highest BCUT2D eigenvalue weighted by Crippen LogP contribution is 2.28. The molecule has 26 heavy (non-hydrogen) atoms. The van der Waals surface area contributed by atoms with E-state index in [1.54, 1.807) is 7.11 Å². The van der Waals surface area contributed by atoms with Crippen LogP contribution in [0.15, 0.2) is 29.2 Å². The number of nitrogens with one attached hydrogen (secondary N) is 2. The van der Waals surface area contributed by atoms with E-state index in [4.69, 9.17) is 4.74 Å². The Balaban J connectivity index is 0.00000338. The van der Waals surface area contributed by atoms with Crippen LogP contribution in [0, 0.1) is 5.41 Å². The van der Waals surface area contributed by atoms with Gasteiger partial charge in [0.1, 0.15) is 0 Å². The number of benzene rings is 1. The normalized spacial score (nSPS) is 16.8. The number of hydrogen-bond donors (Lipinski definition) is 2. The molecule has 6 nitrogen and oxygen atoms in total. The van der Waals surface area contributed by atoms with Crippen LogP contribution in [-0.2, 0) is 14.6 Å². The molecule has 1 fully saturated rings. The van der Waals surface area contributed by atoms with Crippen LogP contribution in [0.5, 0.6) is 0 Å². The molecule has 10 heteroatoms. The van der Waals surface area contributed by atoms with Crippen molar-refractivity contribution in [3.05, 3.63) is 29.8 Å². The monoisotopic (exact) mass is 412 g/mol. The molecule has 1 aromatic carbocycles. The fraction of sp³-hybridized carbons (Fsp3) is 0.562. The number of amides is 1. The van der Waals surface area contributed by atoms with Gasteiger partial charge in [-0.2, -0.15) is 8.78 Å². The Morgan fingerprint density at radius 1 is 1.27 bits per heavy atom. The first-order chi connectivity index (χ1) is 11.8. The van der Waals surface area contributed by atoms with Gasteiger partial charge in [0.25, 0.3) is 5.91 Å². The van der Waals surface area contributed by atoms with Gasteiger partial charge in [0.2, 0.25) is 9.84 Å². The topological polar surface area (TPSA) is 84.5 Å². The van der Waals surface area contributed by atoms with E-state index in [1.807, 2.05) is 0 Å². The Morgan fingerprint density at radius 2 is 1.85 bits per heavy atom. The first-order valence-corrected chi connectivity index (χ1v) is 9.45. The number of hydrogen-bond acceptors (Lipinski definition) is 5. The zero-order valence-corrected chi connectivity index (χ0v) is 16.0. The van der Waals surface area contributed by atoms with E-state index in [0.29, 0.717) is 13.2 Å². The molecule has 1 aliphatic heterocycles. The van der Waals surface area contributed by atoms with Gasteiger partial charge >= 0.3 is 5.76 Å². The van der Waals surface area contributed by atoms with Crippen molar-refractivity contribution < 1.29 is 26.7 Å². The lowest BCUT2D eigenvalue weighted by Crippen LogP contribution is -2.47. The highest BCUT2D eigenvalue weighted by molar-refractivity contribution is 7.91. The van der Waals surface area contributed by atoms with Crippen molar-refractivity contribution in [3.63, 3.8) is 0 Å². The molecule has 0 radical (unpaired) electrons. The molecule has 1 aliphatic rings. The molecule has 0 atom stereocenters. The Hall–Kier alpha value is -1.29. The van der Waals surface area contributed by atoms with Crippen LogP contribution in [0.2, 0.25) is 0 Å². The summed E-state index contributed by atoms with van der Waals surface area (Å²) in [5.41, 5.74) is 0.0731. The van der Waals surface area contributed by atoms with Crippen molar-refractivity contribution in [2.24, 2.45) is 5.41 Å². The number of carbonyl (C=O) groups is 1. The summed E-state index contributed by atoms with van der Waals surface area (Å²) in [4.78, 5) is 11.8. The van der Waals surface area contributed by atoms with Crippen molar-refractivity contribution in [3.8, 4) is 0 Å². The number of halogens is 3. The summed E-state index contributed by atoms with van der Waals surface area (Å²) in [6.45, 7) is 2.65. The lowest BCUT2D eigenvalue weighted by molar-refractivity contribution is 0.0511. The zero-order valence-electron chi connectivity index (χ0n) is 14.3. The molecular weight excluding hydrogens is 390 g/mol. The minimum Gasteiger partial charge on any atom is -0.384 e. The summed E-state index contributed by atoms with van der Waals surface area (Å²) in [7, 11) is -3.04. The summed E-state index contributed by atoms with van der Waals surface area (Å²) in [5, 5.41) is 6.09. The molecule has 0 aliphatic carbocycles. The van der Waals surface area contributed by atoms with Crippen molar-refractivity contribution >= 4 is 28.2 Å². The summed E-state index contributed by atoms with van der Waals surface area (Å²) in [5.74, 6) is -3.86. The summed E-state index contributed by atoms with van der Waals surface area (Å²) >= 11 is 0. The van der Waals surface area contributed by atoms with Gasteiger partial charge < -0.3 is 15.4 Å². The smallest absolute Gasteiger partial charge is 0.341 e. The number of methoxy groups -OCH3 is 1. The van der Waals surface area contributed by atoms with Gasteiger partial charge in [-0.1, -0.05) is 0 Å². The Labute approximate surface area is 158 Å². The van der Waals surface area contributed by atoms with Gasteiger partial charge in [0.05, 0.1) is 11.5 Å². The van der Waals surface area contributed by atoms with Gasteiger partial charge in [-0.25, -0.2) is 8.42 Å². The molecular formula is C16H23ClF2N2O4S. The minimum atomic E-state index is -4.65. The van der Waals surface area contributed by atoms with E-state index in [-0.39, 0.29) is 29.3 Å². The van der Waals surface area contributed by atoms with Crippen molar-refractivity contribution in [2.75, 3.05) is 33.4 Å². The maximum atomic E-state index is 12.5. The van der Waals surface area contributed by atoms with E-state index in [1.165, 1.54) is 12.1 Å². The lowest BCUT2D eigenvalue weighted by Gasteiger charge is -2.37. The molecule has 1 saturated heterocycles. The number of carbonyl (C=O) groups excluding carboxylic acids is 1. The van der Waals surface area contributed by atoms with E-state index in [9.17, 15) is 22.0 Å². The van der Waals surface area contributed by atoms with Crippen LogP contribution in [-0.4, -0.2) is 53.4 Å². The SMILES string of the molecule is COCC1(CNC(=O)c2ccc(S(=O)(=O)C(F)F)cc2)CCNCC1.Cl. The van der Waals surface area contributed by atoms with Crippen LogP contribution in [0.4, 0.5) is 8.78 Å². The third-order valence-electron chi connectivity index (χ3n) is 4.42. The minimum absolute atomic E-state index is 0. The Morgan fingerprint density at radius 3 is 2.35 bits per heavy atom. The van der Waals surface area contributed by atoms with Crippen molar-refractivity contribution in [2.45, 2.75) is 23.5 Å². The van der Waals surface area contributed by atoms with Gasteiger partial charge in [-0.3, -0.25) is 4.79 Å². The van der Waals surface area contributed by atoms with Gasteiger partial charge in [0, 0.05) is 24.6 Å². The number of rotatable bonds is 7. The van der Waals surface area contributed by atoms with Gasteiger partial charge in [-0.05, 0) is 50.2 Å². The Bertz CT molecular complexity index is 687. The molecule has 2 rings (SSSR count). The van der Waals surface area contributed by atoms with Gasteiger partial charge in [-0.15, -0.1) is 12.4 Å². The van der Waals surface area contributed by atoms with Crippen molar-refractivity contribution in [1.82, 2.24) is 10.6 Å². The highest BCUT2D eigenvalue weighted by atomic mass is 35.5. The highest BCUT2D eigenvalue weighted by Gasteiger charge is 2.32. The molecule has 1 amide bonds. The molecule has 0 bridgehead atoms. The predicted molar refractivity (Wildman–Crippen MR) is 95.6 cm³/mol. The fourth-order valence-corrected chi connectivity index (χ4v) is 3.63. The average molecular weight is 413 g/mol. The third kappa shape index (κ3) is 5.35. The van der Waals surface area contributed by atoms with Gasteiger partial charge in [0.15, 0.2) is 0 Å². The van der Waals surface area contributed by atoms with Crippen LogP contribution in [0.1, 0.15) is 23.2 Å². The maximum absolute atomic E-state index is 12.5. The summed E-state index contributed by atoms with van der Waals surface area (Å²) in [6.07, 6.45) is 1.74. The maximum Gasteiger partial charge on any atom is 0.341 e. The summed E-state index contributed by atoms with van der Waals surface area (Å²) < 4.78 is 53.1. The van der Waals surface area contributed by atoms with E-state index in [0.717, 1.165) is 38.1 Å². The second kappa shape index (κ2) is 9.59. The molecule has 2 N–H and O–H groups in total.